The number of hydrogen-bond donors (Lipinski definition) is 1. The first-order valence-electron chi connectivity index (χ1n) is 7.77. The highest BCUT2D eigenvalue weighted by Crippen LogP contribution is 2.20. The largest absolute Gasteiger partial charge is 0.339 e. The van der Waals surface area contributed by atoms with E-state index in [1.807, 2.05) is 23.6 Å². The number of hydrogen-bond acceptors (Lipinski definition) is 2. The van der Waals surface area contributed by atoms with Gasteiger partial charge in [0.25, 0.3) is 0 Å². The zero-order valence-electron chi connectivity index (χ0n) is 14.1. The molecule has 1 aromatic carbocycles. The van der Waals surface area contributed by atoms with Crippen LogP contribution in [-0.4, -0.2) is 22.0 Å². The molecule has 0 fully saturated rings. The summed E-state index contributed by atoms with van der Waals surface area (Å²) in [6.07, 6.45) is 0. The number of aliphatic imine (C=N–C) groups is 1. The lowest BCUT2D eigenvalue weighted by Crippen LogP contribution is -2.24. The van der Waals surface area contributed by atoms with Crippen LogP contribution >= 0.6 is 0 Å². The highest BCUT2D eigenvalue weighted by molar-refractivity contribution is 5.92. The van der Waals surface area contributed by atoms with Crippen molar-refractivity contribution in [3.05, 3.63) is 64.8 Å². The van der Waals surface area contributed by atoms with E-state index in [2.05, 4.69) is 53.7 Å². The summed E-state index contributed by atoms with van der Waals surface area (Å²) in [4.78, 5) is 4.25. The Morgan fingerprint density at radius 1 is 1.04 bits per heavy atom. The van der Waals surface area contributed by atoms with Crippen LogP contribution in [0.25, 0.3) is 11.0 Å². The lowest BCUT2D eigenvalue weighted by atomic mass is 10.1. The Kier molecular flexibility index (Phi) is 3.90. The summed E-state index contributed by atoms with van der Waals surface area (Å²) < 4.78 is 4.19. The fourth-order valence-electron chi connectivity index (χ4n) is 2.93. The van der Waals surface area contributed by atoms with E-state index in [1.54, 1.807) is 7.05 Å². The van der Waals surface area contributed by atoms with Gasteiger partial charge >= 0.3 is 0 Å². The van der Waals surface area contributed by atoms with Crippen LogP contribution < -0.4 is 5.49 Å². The molecule has 0 amide bonds. The van der Waals surface area contributed by atoms with Gasteiger partial charge in [-0.3, -0.25) is 15.0 Å². The molecule has 0 unspecified atom stereocenters. The van der Waals surface area contributed by atoms with Crippen LogP contribution in [0.5, 0.6) is 0 Å². The Hall–Kier alpha value is -2.62. The van der Waals surface area contributed by atoms with E-state index in [0.717, 1.165) is 23.4 Å². The molecule has 23 heavy (non-hydrogen) atoms. The Labute approximate surface area is 136 Å². The summed E-state index contributed by atoms with van der Waals surface area (Å²) >= 11 is 0. The highest BCUT2D eigenvalue weighted by Gasteiger charge is 2.11. The van der Waals surface area contributed by atoms with Crippen molar-refractivity contribution in [2.24, 2.45) is 4.99 Å². The molecule has 0 aliphatic heterocycles. The van der Waals surface area contributed by atoms with Crippen LogP contribution in [-0.2, 0) is 6.54 Å². The topological polar surface area (TPSA) is 46.1 Å². The first-order chi connectivity index (χ1) is 11.0. The average molecular weight is 306 g/mol. The molecule has 3 aromatic rings. The monoisotopic (exact) mass is 306 g/mol. The molecule has 1 N–H and O–H groups in total. The van der Waals surface area contributed by atoms with Crippen LogP contribution in [0.2, 0.25) is 0 Å². The number of aromatic nitrogens is 2. The second-order valence-corrected chi connectivity index (χ2v) is 5.95. The van der Waals surface area contributed by atoms with E-state index in [4.69, 9.17) is 5.41 Å². The first-order valence-corrected chi connectivity index (χ1v) is 7.77. The normalized spacial score (nSPS) is 12.1. The number of rotatable bonds is 2. The van der Waals surface area contributed by atoms with Crippen molar-refractivity contribution in [1.29, 1.82) is 5.41 Å². The molecular weight excluding hydrogens is 284 g/mol. The van der Waals surface area contributed by atoms with Gasteiger partial charge in [0.15, 0.2) is 0 Å². The van der Waals surface area contributed by atoms with E-state index >= 15 is 0 Å². The average Bonchev–Trinajstić information content (AvgIpc) is 2.84. The predicted molar refractivity (Wildman–Crippen MR) is 95.2 cm³/mol. The van der Waals surface area contributed by atoms with Crippen molar-refractivity contribution >= 4 is 16.9 Å². The number of nitrogens with one attached hydrogen (secondary N) is 1. The third-order valence-corrected chi connectivity index (χ3v) is 4.31. The number of fused-ring (bicyclic) bond motifs is 1. The van der Waals surface area contributed by atoms with Gasteiger partial charge < -0.3 is 4.57 Å². The maximum atomic E-state index is 8.18. The summed E-state index contributed by atoms with van der Waals surface area (Å²) in [5.74, 6) is 0.827. The molecule has 3 rings (SSSR count). The number of nitrogens with zero attached hydrogens (tertiary/aromatic N) is 3. The highest BCUT2D eigenvalue weighted by atomic mass is 15.1. The summed E-state index contributed by atoms with van der Waals surface area (Å²) in [6, 6.07) is 14.6. The Morgan fingerprint density at radius 2 is 1.74 bits per heavy atom. The molecule has 4 nitrogen and oxygen atoms in total. The second-order valence-electron chi connectivity index (χ2n) is 5.95. The maximum absolute atomic E-state index is 8.18. The molecule has 0 spiro atoms. The third-order valence-electron chi connectivity index (χ3n) is 4.31. The van der Waals surface area contributed by atoms with Gasteiger partial charge in [0.2, 0.25) is 0 Å². The molecule has 0 atom stereocenters. The van der Waals surface area contributed by atoms with Crippen molar-refractivity contribution in [2.75, 3.05) is 7.05 Å². The standard InChI is InChI=1S/C19H22N4/c1-13-5-7-16(8-6-13)12-22-14(2)11-18-17(22)9-10-19(20)23(18)15(3)21-4/h5-11,20H,12H2,1-4H3. The summed E-state index contributed by atoms with van der Waals surface area (Å²) in [6.45, 7) is 6.98. The third kappa shape index (κ3) is 2.72. The first kappa shape index (κ1) is 15.3. The molecule has 2 heterocycles. The minimum absolute atomic E-state index is 0.452. The van der Waals surface area contributed by atoms with Crippen molar-refractivity contribution < 1.29 is 0 Å². The molecule has 4 heteroatoms. The van der Waals surface area contributed by atoms with Gasteiger partial charge in [-0.05, 0) is 44.5 Å². The van der Waals surface area contributed by atoms with Gasteiger partial charge in [-0.25, -0.2) is 0 Å². The SMILES string of the molecule is CN=C(C)n1c(=N)ccc2c1cc(C)n2Cc1ccc(C)cc1. The molecule has 0 radical (unpaired) electrons. The van der Waals surface area contributed by atoms with E-state index < -0.39 is 0 Å². The number of benzene rings is 1. The zero-order chi connectivity index (χ0) is 16.6. The Bertz CT molecular complexity index is 940. The van der Waals surface area contributed by atoms with Gasteiger partial charge in [0.05, 0.1) is 11.0 Å². The minimum atomic E-state index is 0.452. The fraction of sp³-hybridized carbons (Fsp3) is 0.263. The molecule has 0 bridgehead atoms. The molecule has 2 aromatic heterocycles. The van der Waals surface area contributed by atoms with Crippen LogP contribution in [0.1, 0.15) is 23.7 Å². The second kappa shape index (κ2) is 5.88. The lowest BCUT2D eigenvalue weighted by Gasteiger charge is -2.11. The molecule has 0 aliphatic rings. The summed E-state index contributed by atoms with van der Waals surface area (Å²) in [5, 5.41) is 8.18. The zero-order valence-corrected chi connectivity index (χ0v) is 14.1. The van der Waals surface area contributed by atoms with Crippen LogP contribution in [0, 0.1) is 19.3 Å². The Morgan fingerprint density at radius 3 is 2.39 bits per heavy atom. The molecule has 0 aliphatic carbocycles. The van der Waals surface area contributed by atoms with Gasteiger partial charge in [0, 0.05) is 19.3 Å². The van der Waals surface area contributed by atoms with E-state index in [-0.39, 0.29) is 0 Å². The van der Waals surface area contributed by atoms with Crippen molar-refractivity contribution in [3.63, 3.8) is 0 Å². The van der Waals surface area contributed by atoms with Crippen LogP contribution in [0.4, 0.5) is 0 Å². The smallest absolute Gasteiger partial charge is 0.130 e. The van der Waals surface area contributed by atoms with Crippen LogP contribution in [0.3, 0.4) is 0 Å². The number of pyridine rings is 1. The number of aryl methyl sites for hydroxylation is 2. The summed E-state index contributed by atoms with van der Waals surface area (Å²) in [7, 11) is 1.76. The van der Waals surface area contributed by atoms with Gasteiger partial charge in [-0.2, -0.15) is 0 Å². The minimum Gasteiger partial charge on any atom is -0.339 e. The van der Waals surface area contributed by atoms with E-state index in [1.165, 1.54) is 16.8 Å². The maximum Gasteiger partial charge on any atom is 0.130 e. The van der Waals surface area contributed by atoms with Gasteiger partial charge in [-0.1, -0.05) is 29.8 Å². The van der Waals surface area contributed by atoms with E-state index in [9.17, 15) is 0 Å². The Balaban J connectivity index is 2.17. The molecule has 0 saturated heterocycles. The summed E-state index contributed by atoms with van der Waals surface area (Å²) in [5.41, 5.74) is 6.34. The van der Waals surface area contributed by atoms with Gasteiger partial charge in [-0.15, -0.1) is 0 Å². The predicted octanol–water partition coefficient (Wildman–Crippen LogP) is 3.48. The van der Waals surface area contributed by atoms with E-state index in [0.29, 0.717) is 5.49 Å². The van der Waals surface area contributed by atoms with Crippen molar-refractivity contribution in [2.45, 2.75) is 27.3 Å². The van der Waals surface area contributed by atoms with Gasteiger partial charge in [0.1, 0.15) is 11.3 Å². The molecular formula is C19H22N4. The molecule has 0 saturated carbocycles. The van der Waals surface area contributed by atoms with Crippen molar-refractivity contribution in [3.8, 4) is 0 Å². The van der Waals surface area contributed by atoms with Crippen molar-refractivity contribution in [1.82, 2.24) is 9.13 Å². The lowest BCUT2D eigenvalue weighted by molar-refractivity contribution is 0.803. The molecule has 118 valence electrons. The quantitative estimate of drug-likeness (QED) is 0.556. The van der Waals surface area contributed by atoms with Crippen LogP contribution in [0.15, 0.2) is 47.5 Å². The fourth-order valence-corrected chi connectivity index (χ4v) is 2.93.